The van der Waals surface area contributed by atoms with Crippen molar-refractivity contribution in [3.63, 3.8) is 0 Å². The summed E-state index contributed by atoms with van der Waals surface area (Å²) in [6.45, 7) is 8.31. The van der Waals surface area contributed by atoms with Crippen LogP contribution in [0.2, 0.25) is 0 Å². The number of hydrogen-bond acceptors (Lipinski definition) is 3. The van der Waals surface area contributed by atoms with Crippen LogP contribution in [0.1, 0.15) is 33.3 Å². The number of benzene rings is 1. The van der Waals surface area contributed by atoms with Gasteiger partial charge in [0.1, 0.15) is 0 Å². The zero-order valence-electron chi connectivity index (χ0n) is 11.4. The highest BCUT2D eigenvalue weighted by molar-refractivity contribution is 7.89. The molecule has 0 saturated heterocycles. The number of nitrogens with two attached hydrogens (primary N) is 1. The molecule has 0 unspecified atom stereocenters. The van der Waals surface area contributed by atoms with E-state index in [1.165, 1.54) is 6.07 Å². The first-order valence-corrected chi connectivity index (χ1v) is 7.52. The van der Waals surface area contributed by atoms with Gasteiger partial charge in [-0.25, -0.2) is 13.1 Å². The lowest BCUT2D eigenvalue weighted by molar-refractivity contribution is 0.407. The molecule has 0 atom stereocenters. The highest BCUT2D eigenvalue weighted by Gasteiger charge is 2.19. The number of hydrogen-bond donors (Lipinski definition) is 2. The second-order valence-corrected chi connectivity index (χ2v) is 7.37. The predicted molar refractivity (Wildman–Crippen MR) is 74.9 cm³/mol. The first-order valence-electron chi connectivity index (χ1n) is 6.04. The van der Waals surface area contributed by atoms with Crippen molar-refractivity contribution >= 4 is 15.7 Å². The van der Waals surface area contributed by atoms with Crippen molar-refractivity contribution < 1.29 is 8.42 Å². The standard InChI is InChI=1S/C13H22N2O2S/c1-5-10-6-7-11(8-12(10)14)18(16,17)15-9-13(2,3)4/h6-8,15H,5,9,14H2,1-4H3. The first-order chi connectivity index (χ1) is 8.15. The molecule has 1 aromatic rings. The number of rotatable bonds is 4. The first kappa shape index (κ1) is 15.0. The van der Waals surface area contributed by atoms with Crippen molar-refractivity contribution in [1.29, 1.82) is 0 Å². The van der Waals surface area contributed by atoms with E-state index in [1.807, 2.05) is 27.7 Å². The monoisotopic (exact) mass is 270 g/mol. The van der Waals surface area contributed by atoms with Crippen molar-refractivity contribution in [2.75, 3.05) is 12.3 Å². The van der Waals surface area contributed by atoms with Crippen LogP contribution in [0.5, 0.6) is 0 Å². The van der Waals surface area contributed by atoms with E-state index in [4.69, 9.17) is 5.73 Å². The number of anilines is 1. The Hall–Kier alpha value is -1.07. The SMILES string of the molecule is CCc1ccc(S(=O)(=O)NCC(C)(C)C)cc1N. The van der Waals surface area contributed by atoms with Gasteiger partial charge >= 0.3 is 0 Å². The molecule has 0 bridgehead atoms. The summed E-state index contributed by atoms with van der Waals surface area (Å²) in [6, 6.07) is 4.88. The van der Waals surface area contributed by atoms with Crippen molar-refractivity contribution in [3.05, 3.63) is 23.8 Å². The fourth-order valence-corrected chi connectivity index (χ4v) is 2.78. The lowest BCUT2D eigenvalue weighted by Crippen LogP contribution is -2.32. The third kappa shape index (κ3) is 3.99. The van der Waals surface area contributed by atoms with E-state index in [2.05, 4.69) is 4.72 Å². The molecule has 0 aromatic heterocycles. The second-order valence-electron chi connectivity index (χ2n) is 5.60. The molecule has 0 spiro atoms. The van der Waals surface area contributed by atoms with Crippen molar-refractivity contribution in [2.45, 2.75) is 39.0 Å². The van der Waals surface area contributed by atoms with Crippen LogP contribution >= 0.6 is 0 Å². The lowest BCUT2D eigenvalue weighted by Gasteiger charge is -2.19. The van der Waals surface area contributed by atoms with Gasteiger partial charge in [-0.3, -0.25) is 0 Å². The quantitative estimate of drug-likeness (QED) is 0.823. The topological polar surface area (TPSA) is 72.2 Å². The molecular formula is C13H22N2O2S. The smallest absolute Gasteiger partial charge is 0.240 e. The average molecular weight is 270 g/mol. The van der Waals surface area contributed by atoms with E-state index in [9.17, 15) is 8.42 Å². The van der Waals surface area contributed by atoms with E-state index in [-0.39, 0.29) is 10.3 Å². The van der Waals surface area contributed by atoms with Gasteiger partial charge in [0.15, 0.2) is 0 Å². The summed E-state index contributed by atoms with van der Waals surface area (Å²) in [5.74, 6) is 0. The summed E-state index contributed by atoms with van der Waals surface area (Å²) in [7, 11) is -3.47. The number of sulfonamides is 1. The minimum atomic E-state index is -3.47. The van der Waals surface area contributed by atoms with Crippen LogP contribution in [0.25, 0.3) is 0 Å². The largest absolute Gasteiger partial charge is 0.398 e. The van der Waals surface area contributed by atoms with Crippen molar-refractivity contribution in [3.8, 4) is 0 Å². The summed E-state index contributed by atoms with van der Waals surface area (Å²) in [6.07, 6.45) is 0.793. The zero-order chi connectivity index (χ0) is 14.0. The average Bonchev–Trinajstić information content (AvgIpc) is 2.25. The van der Waals surface area contributed by atoms with Gasteiger partial charge in [0, 0.05) is 12.2 Å². The van der Waals surface area contributed by atoms with Gasteiger partial charge in [0.25, 0.3) is 0 Å². The van der Waals surface area contributed by atoms with Gasteiger partial charge in [0.05, 0.1) is 4.90 Å². The molecule has 0 saturated carbocycles. The molecule has 102 valence electrons. The van der Waals surface area contributed by atoms with Gasteiger partial charge in [0.2, 0.25) is 10.0 Å². The molecule has 0 aliphatic heterocycles. The van der Waals surface area contributed by atoms with Crippen molar-refractivity contribution in [2.24, 2.45) is 5.41 Å². The normalized spacial score (nSPS) is 12.7. The molecular weight excluding hydrogens is 248 g/mol. The lowest BCUT2D eigenvalue weighted by atomic mass is 9.98. The van der Waals surface area contributed by atoms with Crippen LogP contribution in [0.3, 0.4) is 0 Å². The molecule has 0 aliphatic carbocycles. The van der Waals surface area contributed by atoms with Crippen molar-refractivity contribution in [1.82, 2.24) is 4.72 Å². The summed E-state index contributed by atoms with van der Waals surface area (Å²) in [5, 5.41) is 0. The molecule has 0 amide bonds. The minimum Gasteiger partial charge on any atom is -0.398 e. The maximum absolute atomic E-state index is 12.1. The molecule has 0 aliphatic rings. The van der Waals surface area contributed by atoms with E-state index >= 15 is 0 Å². The molecule has 1 aromatic carbocycles. The fourth-order valence-electron chi connectivity index (χ4n) is 1.46. The molecule has 4 nitrogen and oxygen atoms in total. The predicted octanol–water partition coefficient (Wildman–Crippen LogP) is 2.16. The summed E-state index contributed by atoms with van der Waals surface area (Å²) in [5.41, 5.74) is 7.21. The Labute approximate surface area is 110 Å². The second kappa shape index (κ2) is 5.28. The van der Waals surface area contributed by atoms with E-state index in [1.54, 1.807) is 12.1 Å². The number of nitrogen functional groups attached to an aromatic ring is 1. The number of nitrogens with one attached hydrogen (secondary N) is 1. The highest BCUT2D eigenvalue weighted by Crippen LogP contribution is 2.19. The van der Waals surface area contributed by atoms with E-state index in [0.29, 0.717) is 12.2 Å². The molecule has 0 radical (unpaired) electrons. The van der Waals surface area contributed by atoms with Gasteiger partial charge in [-0.05, 0) is 29.5 Å². The fraction of sp³-hybridized carbons (Fsp3) is 0.538. The number of aryl methyl sites for hydroxylation is 1. The molecule has 0 fully saturated rings. The Kier molecular flexibility index (Phi) is 4.40. The van der Waals surface area contributed by atoms with Gasteiger partial charge in [-0.2, -0.15) is 0 Å². The molecule has 5 heteroatoms. The van der Waals surface area contributed by atoms with Gasteiger partial charge in [-0.15, -0.1) is 0 Å². The van der Waals surface area contributed by atoms with Crippen LogP contribution < -0.4 is 10.5 Å². The highest BCUT2D eigenvalue weighted by atomic mass is 32.2. The van der Waals surface area contributed by atoms with Crippen LogP contribution in [0, 0.1) is 5.41 Å². The van der Waals surface area contributed by atoms with Crippen LogP contribution in [-0.2, 0) is 16.4 Å². The molecule has 1 rings (SSSR count). The Balaban J connectivity index is 2.96. The third-order valence-corrected chi connectivity index (χ3v) is 4.00. The molecule has 3 N–H and O–H groups in total. The molecule has 18 heavy (non-hydrogen) atoms. The van der Waals surface area contributed by atoms with Crippen LogP contribution in [-0.4, -0.2) is 15.0 Å². The van der Waals surface area contributed by atoms with E-state index in [0.717, 1.165) is 12.0 Å². The third-order valence-electron chi connectivity index (χ3n) is 2.60. The summed E-state index contributed by atoms with van der Waals surface area (Å²) >= 11 is 0. The van der Waals surface area contributed by atoms with Gasteiger partial charge in [-0.1, -0.05) is 33.8 Å². The summed E-state index contributed by atoms with van der Waals surface area (Å²) in [4.78, 5) is 0.224. The van der Waals surface area contributed by atoms with Crippen LogP contribution in [0.15, 0.2) is 23.1 Å². The Morgan fingerprint density at radius 1 is 1.28 bits per heavy atom. The van der Waals surface area contributed by atoms with Gasteiger partial charge < -0.3 is 5.73 Å². The van der Waals surface area contributed by atoms with Crippen LogP contribution in [0.4, 0.5) is 5.69 Å². The molecule has 0 heterocycles. The van der Waals surface area contributed by atoms with E-state index < -0.39 is 10.0 Å². The Morgan fingerprint density at radius 2 is 1.89 bits per heavy atom. The summed E-state index contributed by atoms with van der Waals surface area (Å²) < 4.78 is 26.7. The maximum Gasteiger partial charge on any atom is 0.240 e. The maximum atomic E-state index is 12.1. The zero-order valence-corrected chi connectivity index (χ0v) is 12.3. The Morgan fingerprint density at radius 3 is 2.33 bits per heavy atom. The Bertz CT molecular complexity index is 516. The minimum absolute atomic E-state index is 0.0953.